The second kappa shape index (κ2) is 6.08. The summed E-state index contributed by atoms with van der Waals surface area (Å²) in [5.41, 5.74) is 3.77. The van der Waals surface area contributed by atoms with E-state index in [2.05, 4.69) is 5.32 Å². The molecule has 0 aromatic heterocycles. The van der Waals surface area contributed by atoms with E-state index < -0.39 is 60.1 Å². The second-order valence-corrected chi connectivity index (χ2v) is 6.28. The van der Waals surface area contributed by atoms with E-state index in [4.69, 9.17) is 10.5 Å². The van der Waals surface area contributed by atoms with Crippen molar-refractivity contribution in [1.82, 2.24) is 5.32 Å². The molecule has 9 nitrogen and oxygen atoms in total. The van der Waals surface area contributed by atoms with Gasteiger partial charge in [0.15, 0.2) is 5.60 Å². The van der Waals surface area contributed by atoms with Crippen molar-refractivity contribution < 1.29 is 34.8 Å². The number of amides is 1. The molecule has 0 saturated carbocycles. The standard InChI is InChI=1S/C14H22N2O7/c1-5(15)12(21)16-11-9-8(6(18)3-7(19)10(9)20)13(22)23-14(11,2)4-17/h5,7,9-11,17-20H,3-4,15H2,1-2H3,(H,16,21)/t5-,7+,9-,10-,11+,14-/m0/s1. The normalized spacial score (nSPS) is 38.6. The first-order valence-corrected chi connectivity index (χ1v) is 7.30. The van der Waals surface area contributed by atoms with Crippen LogP contribution in [0.3, 0.4) is 0 Å². The van der Waals surface area contributed by atoms with Crippen LogP contribution in [0.5, 0.6) is 0 Å². The minimum absolute atomic E-state index is 0.205. The third kappa shape index (κ3) is 2.92. The van der Waals surface area contributed by atoms with Gasteiger partial charge in [0.2, 0.25) is 5.91 Å². The van der Waals surface area contributed by atoms with E-state index in [0.29, 0.717) is 0 Å². The molecule has 7 N–H and O–H groups in total. The molecular weight excluding hydrogens is 308 g/mol. The number of carbonyl (C=O) groups excluding carboxylic acids is 2. The molecule has 9 heteroatoms. The SMILES string of the molecule is C[C@H](N)C(=O)N[C@@H]1[C@H]2C(=C(O)C[C@@H](O)[C@@H]2O)C(=O)O[C@@]1(C)CO. The molecule has 23 heavy (non-hydrogen) atoms. The number of cyclic esters (lactones) is 1. The quantitative estimate of drug-likeness (QED) is 0.314. The number of hydrogen-bond donors (Lipinski definition) is 6. The maximum absolute atomic E-state index is 12.1. The minimum Gasteiger partial charge on any atom is -0.512 e. The van der Waals surface area contributed by atoms with Gasteiger partial charge >= 0.3 is 5.97 Å². The Balaban J connectivity index is 2.50. The second-order valence-electron chi connectivity index (χ2n) is 6.28. The maximum Gasteiger partial charge on any atom is 0.338 e. The number of nitrogens with two attached hydrogens (primary N) is 1. The predicted molar refractivity (Wildman–Crippen MR) is 76.9 cm³/mol. The molecule has 0 spiro atoms. The molecule has 6 atom stereocenters. The summed E-state index contributed by atoms with van der Waals surface area (Å²) in [5.74, 6) is -3.02. The predicted octanol–water partition coefficient (Wildman–Crippen LogP) is -2.32. The molecule has 2 aliphatic rings. The third-order valence-electron chi connectivity index (χ3n) is 4.40. The van der Waals surface area contributed by atoms with Crippen LogP contribution < -0.4 is 11.1 Å². The van der Waals surface area contributed by atoms with Crippen molar-refractivity contribution in [2.75, 3.05) is 6.61 Å². The van der Waals surface area contributed by atoms with Crippen LogP contribution in [0.15, 0.2) is 11.3 Å². The monoisotopic (exact) mass is 330 g/mol. The Bertz CT molecular complexity index is 547. The van der Waals surface area contributed by atoms with Crippen LogP contribution in [0.2, 0.25) is 0 Å². The molecule has 0 aromatic rings. The van der Waals surface area contributed by atoms with Crippen LogP contribution >= 0.6 is 0 Å². The van der Waals surface area contributed by atoms with Gasteiger partial charge in [-0.3, -0.25) is 4.79 Å². The smallest absolute Gasteiger partial charge is 0.338 e. The van der Waals surface area contributed by atoms with Crippen LogP contribution in [0.1, 0.15) is 20.3 Å². The molecule has 1 aliphatic heterocycles. The van der Waals surface area contributed by atoms with Gasteiger partial charge in [-0.15, -0.1) is 0 Å². The van der Waals surface area contributed by atoms with Crippen LogP contribution in [-0.2, 0) is 14.3 Å². The van der Waals surface area contributed by atoms with Gasteiger partial charge < -0.3 is 36.2 Å². The van der Waals surface area contributed by atoms with Crippen molar-refractivity contribution in [2.45, 2.75) is 50.2 Å². The number of rotatable bonds is 3. The summed E-state index contributed by atoms with van der Waals surface area (Å²) in [5, 5.41) is 42.3. The van der Waals surface area contributed by atoms with Gasteiger partial charge in [-0.05, 0) is 13.8 Å². The van der Waals surface area contributed by atoms with E-state index in [0.717, 1.165) is 0 Å². The summed E-state index contributed by atoms with van der Waals surface area (Å²) in [6.45, 7) is 2.20. The van der Waals surface area contributed by atoms with Crippen LogP contribution in [0, 0.1) is 5.92 Å². The number of ether oxygens (including phenoxy) is 1. The minimum atomic E-state index is -1.53. The molecule has 1 saturated heterocycles. The van der Waals surface area contributed by atoms with Crippen molar-refractivity contribution >= 4 is 11.9 Å². The number of carbonyl (C=O) groups is 2. The zero-order valence-electron chi connectivity index (χ0n) is 12.9. The fourth-order valence-corrected chi connectivity index (χ4v) is 3.02. The van der Waals surface area contributed by atoms with Crippen molar-refractivity contribution in [3.63, 3.8) is 0 Å². The van der Waals surface area contributed by atoms with Crippen molar-refractivity contribution in [2.24, 2.45) is 11.7 Å². The first kappa shape index (κ1) is 17.7. The molecule has 1 amide bonds. The van der Waals surface area contributed by atoms with Gasteiger partial charge in [0.1, 0.15) is 5.76 Å². The largest absolute Gasteiger partial charge is 0.512 e. The highest BCUT2D eigenvalue weighted by Gasteiger charge is 2.56. The number of aliphatic hydroxyl groups excluding tert-OH is 4. The number of fused-ring (bicyclic) bond motifs is 1. The lowest BCUT2D eigenvalue weighted by Crippen LogP contribution is -2.68. The Kier molecular flexibility index (Phi) is 4.67. The first-order chi connectivity index (χ1) is 10.6. The van der Waals surface area contributed by atoms with Crippen LogP contribution in [0.4, 0.5) is 0 Å². The average Bonchev–Trinajstić information content (AvgIpc) is 2.46. The Morgan fingerprint density at radius 2 is 2.13 bits per heavy atom. The maximum atomic E-state index is 12.1. The van der Waals surface area contributed by atoms with E-state index in [9.17, 15) is 30.0 Å². The number of aliphatic hydroxyl groups is 4. The molecular formula is C14H22N2O7. The van der Waals surface area contributed by atoms with E-state index >= 15 is 0 Å². The zero-order valence-corrected chi connectivity index (χ0v) is 12.9. The van der Waals surface area contributed by atoms with Gasteiger partial charge in [-0.1, -0.05) is 0 Å². The van der Waals surface area contributed by atoms with Gasteiger partial charge in [-0.25, -0.2) is 4.79 Å². The highest BCUT2D eigenvalue weighted by Crippen LogP contribution is 2.41. The summed E-state index contributed by atoms with van der Waals surface area (Å²) in [4.78, 5) is 24.1. The zero-order chi connectivity index (χ0) is 17.5. The topological polar surface area (TPSA) is 162 Å². The van der Waals surface area contributed by atoms with E-state index in [1.807, 2.05) is 0 Å². The van der Waals surface area contributed by atoms with E-state index in [1.54, 1.807) is 0 Å². The molecule has 1 heterocycles. The molecule has 130 valence electrons. The Morgan fingerprint density at radius 1 is 1.52 bits per heavy atom. The van der Waals surface area contributed by atoms with E-state index in [1.165, 1.54) is 13.8 Å². The number of esters is 1. The van der Waals surface area contributed by atoms with Crippen LogP contribution in [0.25, 0.3) is 0 Å². The Hall–Kier alpha value is -1.68. The number of nitrogens with one attached hydrogen (secondary N) is 1. The first-order valence-electron chi connectivity index (χ1n) is 7.30. The van der Waals surface area contributed by atoms with Crippen molar-refractivity contribution in [3.8, 4) is 0 Å². The lowest BCUT2D eigenvalue weighted by molar-refractivity contribution is -0.181. The summed E-state index contributed by atoms with van der Waals surface area (Å²) >= 11 is 0. The van der Waals surface area contributed by atoms with Crippen molar-refractivity contribution in [3.05, 3.63) is 11.3 Å². The molecule has 2 rings (SSSR count). The Morgan fingerprint density at radius 3 is 2.65 bits per heavy atom. The third-order valence-corrected chi connectivity index (χ3v) is 4.40. The van der Waals surface area contributed by atoms with Gasteiger partial charge in [0.05, 0.1) is 36.5 Å². The summed E-state index contributed by atoms with van der Waals surface area (Å²) in [6.07, 6.45) is -3.03. The molecule has 0 radical (unpaired) electrons. The molecule has 0 unspecified atom stereocenters. The highest BCUT2D eigenvalue weighted by atomic mass is 16.6. The molecule has 0 aromatic carbocycles. The lowest BCUT2D eigenvalue weighted by Gasteiger charge is -2.49. The number of hydrogen-bond acceptors (Lipinski definition) is 8. The summed E-state index contributed by atoms with van der Waals surface area (Å²) in [7, 11) is 0. The fourth-order valence-electron chi connectivity index (χ4n) is 3.02. The van der Waals surface area contributed by atoms with Crippen LogP contribution in [-0.4, -0.2) is 68.8 Å². The highest BCUT2D eigenvalue weighted by molar-refractivity contribution is 5.92. The lowest BCUT2D eigenvalue weighted by atomic mass is 9.70. The van der Waals surface area contributed by atoms with E-state index in [-0.39, 0.29) is 12.0 Å². The molecule has 1 fully saturated rings. The molecule has 1 aliphatic carbocycles. The van der Waals surface area contributed by atoms with Gasteiger partial charge in [0.25, 0.3) is 0 Å². The average molecular weight is 330 g/mol. The summed E-state index contributed by atoms with van der Waals surface area (Å²) in [6, 6.07) is -1.94. The Labute approximate surface area is 132 Å². The summed E-state index contributed by atoms with van der Waals surface area (Å²) < 4.78 is 5.18. The van der Waals surface area contributed by atoms with Crippen molar-refractivity contribution in [1.29, 1.82) is 0 Å². The van der Waals surface area contributed by atoms with Gasteiger partial charge in [-0.2, -0.15) is 0 Å². The molecule has 0 bridgehead atoms. The van der Waals surface area contributed by atoms with Gasteiger partial charge in [0, 0.05) is 12.3 Å². The fraction of sp³-hybridized carbons (Fsp3) is 0.714.